The fraction of sp³-hybridized carbons (Fsp3) is 0.375. The second kappa shape index (κ2) is 5.94. The fourth-order valence-corrected chi connectivity index (χ4v) is 2.46. The summed E-state index contributed by atoms with van der Waals surface area (Å²) in [6.07, 6.45) is 6.00. The van der Waals surface area contributed by atoms with Crippen LogP contribution >= 0.6 is 0 Å². The lowest BCUT2D eigenvalue weighted by Gasteiger charge is -2.25. The first-order valence-electron chi connectivity index (χ1n) is 6.63. The van der Waals surface area contributed by atoms with E-state index >= 15 is 0 Å². The van der Waals surface area contributed by atoms with Gasteiger partial charge in [-0.1, -0.05) is 32.4 Å². The molecule has 2 rings (SSSR count). The molecule has 0 aliphatic heterocycles. The molecule has 1 unspecified atom stereocenters. The Morgan fingerprint density at radius 1 is 1.10 bits per heavy atom. The largest absolute Gasteiger partial charge is 0.768 e. The van der Waals surface area contributed by atoms with E-state index in [1.807, 2.05) is 6.08 Å². The van der Waals surface area contributed by atoms with Gasteiger partial charge in [0, 0.05) is 11.3 Å². The van der Waals surface area contributed by atoms with Crippen molar-refractivity contribution >= 4 is 11.1 Å². The number of hydrogen-bond acceptors (Lipinski definition) is 3. The lowest BCUT2D eigenvalue weighted by Crippen LogP contribution is -2.12. The maximum absolute atomic E-state index is 10.8. The zero-order chi connectivity index (χ0) is 14.8. The molecular weight excluding hydrogens is 272 g/mol. The van der Waals surface area contributed by atoms with Crippen LogP contribution in [0.2, 0.25) is 0 Å². The molecule has 4 heteroatoms. The topological polar surface area (TPSA) is 49.4 Å². The summed E-state index contributed by atoms with van der Waals surface area (Å²) in [5, 5.41) is 0. The summed E-state index contributed by atoms with van der Waals surface area (Å²) in [6.45, 7) is 6.63. The summed E-state index contributed by atoms with van der Waals surface area (Å²) in [5.74, 6) is 1.58. The van der Waals surface area contributed by atoms with Crippen LogP contribution in [-0.4, -0.2) is 8.76 Å². The van der Waals surface area contributed by atoms with Crippen LogP contribution in [0.1, 0.15) is 33.6 Å². The van der Waals surface area contributed by atoms with Crippen LogP contribution < -0.4 is 4.74 Å². The van der Waals surface area contributed by atoms with Gasteiger partial charge in [0.25, 0.3) is 0 Å². The number of allylic oxidation sites excluding steroid dienone is 4. The third-order valence-electron chi connectivity index (χ3n) is 3.34. The van der Waals surface area contributed by atoms with Crippen molar-refractivity contribution in [2.24, 2.45) is 5.41 Å². The minimum atomic E-state index is -2.19. The van der Waals surface area contributed by atoms with Gasteiger partial charge in [0.2, 0.25) is 0 Å². The van der Waals surface area contributed by atoms with Gasteiger partial charge >= 0.3 is 0 Å². The van der Waals surface area contributed by atoms with Crippen molar-refractivity contribution in [2.75, 3.05) is 0 Å². The van der Waals surface area contributed by atoms with Crippen LogP contribution in [0, 0.1) is 5.41 Å². The average Bonchev–Trinajstić information content (AvgIpc) is 2.39. The lowest BCUT2D eigenvalue weighted by molar-refractivity contribution is 0.388. The van der Waals surface area contributed by atoms with Crippen LogP contribution in [0.5, 0.6) is 5.75 Å². The van der Waals surface area contributed by atoms with Gasteiger partial charge in [-0.05, 0) is 53.3 Å². The van der Waals surface area contributed by atoms with E-state index in [9.17, 15) is 8.76 Å². The van der Waals surface area contributed by atoms with Gasteiger partial charge in [-0.25, -0.2) is 0 Å². The number of ether oxygens (including phenoxy) is 1. The number of benzene rings is 1. The Labute approximate surface area is 122 Å². The van der Waals surface area contributed by atoms with Gasteiger partial charge in [0.05, 0.1) is 0 Å². The smallest absolute Gasteiger partial charge is 0.127 e. The Balaban J connectivity index is 2.06. The molecule has 108 valence electrons. The zero-order valence-electron chi connectivity index (χ0n) is 12.0. The second-order valence-corrected chi connectivity index (χ2v) is 6.82. The van der Waals surface area contributed by atoms with E-state index in [2.05, 4.69) is 26.8 Å². The van der Waals surface area contributed by atoms with Crippen molar-refractivity contribution in [3.63, 3.8) is 0 Å². The molecule has 0 fully saturated rings. The summed E-state index contributed by atoms with van der Waals surface area (Å²) in [6, 6.07) is 6.43. The van der Waals surface area contributed by atoms with Gasteiger partial charge in [-0.3, -0.25) is 4.21 Å². The molecule has 20 heavy (non-hydrogen) atoms. The predicted molar refractivity (Wildman–Crippen MR) is 79.1 cm³/mol. The monoisotopic (exact) mass is 291 g/mol. The van der Waals surface area contributed by atoms with Crippen LogP contribution in [0.4, 0.5) is 0 Å². The first-order valence-corrected chi connectivity index (χ1v) is 7.71. The van der Waals surface area contributed by atoms with E-state index in [0.717, 1.165) is 18.6 Å². The number of rotatable bonds is 3. The van der Waals surface area contributed by atoms with E-state index in [1.54, 1.807) is 12.1 Å². The van der Waals surface area contributed by atoms with Crippen molar-refractivity contribution in [3.05, 3.63) is 47.7 Å². The molecule has 3 nitrogen and oxygen atoms in total. The Kier molecular flexibility index (Phi) is 4.45. The standard InChI is InChI=1S/C16H20O3S/c1-16(2,3)12-4-6-13(7-5-12)19-14-8-10-15(11-9-14)20(17)18/h4,6,8-11H,5,7H2,1-3H3,(H,17,18)/p-1. The SMILES string of the molecule is CC(C)(C)C1=CC=C(Oc2ccc(S(=O)[O-])cc2)CC1. The minimum absolute atomic E-state index is 0.196. The molecule has 1 aliphatic carbocycles. The molecule has 0 aromatic heterocycles. The summed E-state index contributed by atoms with van der Waals surface area (Å²) in [5.41, 5.74) is 1.61. The first-order chi connectivity index (χ1) is 9.36. The van der Waals surface area contributed by atoms with Crippen molar-refractivity contribution in [2.45, 2.75) is 38.5 Å². The van der Waals surface area contributed by atoms with E-state index in [1.165, 1.54) is 17.7 Å². The molecule has 0 spiro atoms. The summed E-state index contributed by atoms with van der Waals surface area (Å²) in [4.78, 5) is 0.268. The van der Waals surface area contributed by atoms with Crippen LogP contribution in [0.25, 0.3) is 0 Å². The van der Waals surface area contributed by atoms with Crippen molar-refractivity contribution in [1.29, 1.82) is 0 Å². The minimum Gasteiger partial charge on any atom is -0.768 e. The lowest BCUT2D eigenvalue weighted by atomic mass is 9.82. The molecule has 0 saturated carbocycles. The van der Waals surface area contributed by atoms with Crippen LogP contribution in [0.15, 0.2) is 52.6 Å². The highest BCUT2D eigenvalue weighted by atomic mass is 32.2. The summed E-state index contributed by atoms with van der Waals surface area (Å²) >= 11 is -2.19. The van der Waals surface area contributed by atoms with E-state index in [-0.39, 0.29) is 10.3 Å². The van der Waals surface area contributed by atoms with E-state index in [0.29, 0.717) is 5.75 Å². The highest BCUT2D eigenvalue weighted by molar-refractivity contribution is 7.79. The zero-order valence-corrected chi connectivity index (χ0v) is 12.8. The molecule has 0 amide bonds. The average molecular weight is 291 g/mol. The van der Waals surface area contributed by atoms with Gasteiger partial charge in [0.15, 0.2) is 0 Å². The molecular formula is C16H19O3S-. The molecule has 1 aromatic carbocycles. The van der Waals surface area contributed by atoms with E-state index < -0.39 is 11.1 Å². The maximum Gasteiger partial charge on any atom is 0.127 e. The summed E-state index contributed by atoms with van der Waals surface area (Å²) < 4.78 is 27.3. The third-order valence-corrected chi connectivity index (χ3v) is 4.00. The molecule has 1 atom stereocenters. The van der Waals surface area contributed by atoms with Crippen molar-refractivity contribution < 1.29 is 13.5 Å². The highest BCUT2D eigenvalue weighted by Gasteiger charge is 2.19. The first kappa shape index (κ1) is 15.0. The molecule has 0 bridgehead atoms. The molecule has 0 heterocycles. The molecule has 1 aromatic rings. The fourth-order valence-electron chi connectivity index (χ4n) is 2.10. The Bertz CT molecular complexity index is 562. The van der Waals surface area contributed by atoms with Gasteiger partial charge in [-0.15, -0.1) is 0 Å². The third kappa shape index (κ3) is 3.81. The van der Waals surface area contributed by atoms with E-state index in [4.69, 9.17) is 4.74 Å². The second-order valence-electron chi connectivity index (χ2n) is 5.88. The quantitative estimate of drug-likeness (QED) is 0.792. The Hall–Kier alpha value is -1.39. The van der Waals surface area contributed by atoms with Gasteiger partial charge in [0.1, 0.15) is 11.5 Å². The molecule has 0 radical (unpaired) electrons. The summed E-state index contributed by atoms with van der Waals surface area (Å²) in [7, 11) is 0. The van der Waals surface area contributed by atoms with Gasteiger partial charge in [-0.2, -0.15) is 0 Å². The van der Waals surface area contributed by atoms with Crippen molar-refractivity contribution in [3.8, 4) is 5.75 Å². The predicted octanol–water partition coefficient (Wildman–Crippen LogP) is 3.95. The Morgan fingerprint density at radius 2 is 1.75 bits per heavy atom. The van der Waals surface area contributed by atoms with Crippen LogP contribution in [-0.2, 0) is 11.1 Å². The van der Waals surface area contributed by atoms with Gasteiger partial charge < -0.3 is 9.29 Å². The van der Waals surface area contributed by atoms with Crippen molar-refractivity contribution in [1.82, 2.24) is 0 Å². The molecule has 1 aliphatic rings. The van der Waals surface area contributed by atoms with Crippen LogP contribution in [0.3, 0.4) is 0 Å². The number of hydrogen-bond donors (Lipinski definition) is 0. The Morgan fingerprint density at radius 3 is 2.20 bits per heavy atom. The molecule has 0 saturated heterocycles. The maximum atomic E-state index is 10.8. The highest BCUT2D eigenvalue weighted by Crippen LogP contribution is 2.33. The molecule has 0 N–H and O–H groups in total. The normalized spacial score (nSPS) is 17.2.